The summed E-state index contributed by atoms with van der Waals surface area (Å²) in [6.07, 6.45) is 27.9. The standard InChI is InChI=1S/C29H61NO3SSi/c1-3-5-7-9-11-13-14-15-17-19-22-29-23-25-32-35(27-21-26-34,33-30-28-29)31-24-20-18-16-12-10-8-6-4-2/h29-30,34H,3-28H2,1-2H3. The molecule has 0 bridgehead atoms. The van der Waals surface area contributed by atoms with Gasteiger partial charge in [-0.05, 0) is 37.4 Å². The van der Waals surface area contributed by atoms with Gasteiger partial charge in [0.25, 0.3) is 0 Å². The van der Waals surface area contributed by atoms with Crippen molar-refractivity contribution in [3.8, 4) is 0 Å². The van der Waals surface area contributed by atoms with Crippen LogP contribution in [0.1, 0.15) is 149 Å². The smallest absolute Gasteiger partial charge is 0.373 e. The number of hydrogen-bond donors (Lipinski definition) is 2. The number of nitrogens with one attached hydrogen (secondary N) is 1. The van der Waals surface area contributed by atoms with E-state index in [2.05, 4.69) is 32.0 Å². The molecule has 1 N–H and O–H groups in total. The normalized spacial score (nSPS) is 21.2. The highest BCUT2D eigenvalue weighted by Gasteiger charge is 2.42. The van der Waals surface area contributed by atoms with E-state index in [0.717, 1.165) is 50.8 Å². The SMILES string of the molecule is CCCCCCCCCCCCC1CCO[Si](CCCS)(OCCCCCCCCCC)ONC1. The molecule has 210 valence electrons. The molecule has 6 heteroatoms. The molecule has 2 unspecified atom stereocenters. The van der Waals surface area contributed by atoms with Crippen molar-refractivity contribution in [2.24, 2.45) is 5.92 Å². The molecule has 0 aliphatic carbocycles. The maximum absolute atomic E-state index is 6.37. The van der Waals surface area contributed by atoms with Crippen molar-refractivity contribution >= 4 is 21.4 Å². The van der Waals surface area contributed by atoms with E-state index in [1.54, 1.807) is 0 Å². The molecule has 0 aromatic heterocycles. The summed E-state index contributed by atoms with van der Waals surface area (Å²) in [4.78, 5) is 0. The summed E-state index contributed by atoms with van der Waals surface area (Å²) in [6, 6.07) is 0.865. The molecule has 0 amide bonds. The number of thiol groups is 1. The van der Waals surface area contributed by atoms with Crippen molar-refractivity contribution in [3.05, 3.63) is 0 Å². The van der Waals surface area contributed by atoms with Crippen LogP contribution < -0.4 is 5.48 Å². The van der Waals surface area contributed by atoms with Crippen molar-refractivity contribution in [2.45, 2.75) is 155 Å². The Balaban J connectivity index is 2.16. The Bertz CT molecular complexity index is 434. The zero-order valence-corrected chi connectivity index (χ0v) is 25.5. The molecule has 1 aliphatic rings. The van der Waals surface area contributed by atoms with Crippen LogP contribution in [-0.4, -0.2) is 34.3 Å². The van der Waals surface area contributed by atoms with E-state index in [0.29, 0.717) is 5.92 Å². The summed E-state index contributed by atoms with van der Waals surface area (Å²) in [5.41, 5.74) is 3.29. The van der Waals surface area contributed by atoms with Crippen LogP contribution in [0, 0.1) is 5.92 Å². The molecule has 1 fully saturated rings. The van der Waals surface area contributed by atoms with Gasteiger partial charge >= 0.3 is 8.80 Å². The van der Waals surface area contributed by atoms with Crippen molar-refractivity contribution in [3.63, 3.8) is 0 Å². The average molecular weight is 532 g/mol. The topological polar surface area (TPSA) is 39.7 Å². The summed E-state index contributed by atoms with van der Waals surface area (Å²) in [7, 11) is -2.63. The lowest BCUT2D eigenvalue weighted by molar-refractivity contribution is -0.00441. The Labute approximate surface area is 226 Å². The summed E-state index contributed by atoms with van der Waals surface area (Å²) >= 11 is 4.41. The predicted molar refractivity (Wildman–Crippen MR) is 157 cm³/mol. The zero-order valence-electron chi connectivity index (χ0n) is 23.6. The third-order valence-electron chi connectivity index (χ3n) is 7.37. The molecule has 2 atom stereocenters. The summed E-state index contributed by atoms with van der Waals surface area (Å²) in [6.45, 7) is 7.03. The highest BCUT2D eigenvalue weighted by atomic mass is 32.1. The Morgan fingerprint density at radius 1 is 0.743 bits per heavy atom. The zero-order chi connectivity index (χ0) is 25.3. The molecule has 0 aromatic rings. The van der Waals surface area contributed by atoms with Crippen molar-refractivity contribution in [1.82, 2.24) is 5.48 Å². The fourth-order valence-corrected chi connectivity index (χ4v) is 7.82. The maximum Gasteiger partial charge on any atom is 0.517 e. The first-order valence-electron chi connectivity index (χ1n) is 15.6. The van der Waals surface area contributed by atoms with Crippen LogP contribution in [0.5, 0.6) is 0 Å². The third-order valence-corrected chi connectivity index (χ3v) is 10.4. The van der Waals surface area contributed by atoms with E-state index >= 15 is 0 Å². The number of hydroxylamine groups is 1. The van der Waals surface area contributed by atoms with Gasteiger partial charge in [-0.1, -0.05) is 123 Å². The Morgan fingerprint density at radius 3 is 1.86 bits per heavy atom. The first-order valence-corrected chi connectivity index (χ1v) is 18.1. The molecule has 1 saturated heterocycles. The molecular formula is C29H61NO3SSi. The Hall–Kier alpha value is 0.407. The van der Waals surface area contributed by atoms with Crippen molar-refractivity contribution in [2.75, 3.05) is 25.5 Å². The predicted octanol–water partition coefficient (Wildman–Crippen LogP) is 9.27. The van der Waals surface area contributed by atoms with E-state index in [1.165, 1.54) is 116 Å². The second-order valence-electron chi connectivity index (χ2n) is 10.8. The Kier molecular flexibility index (Phi) is 23.6. The van der Waals surface area contributed by atoms with Gasteiger partial charge in [-0.3, -0.25) is 4.53 Å². The lowest BCUT2D eigenvalue weighted by Crippen LogP contribution is -2.52. The summed E-state index contributed by atoms with van der Waals surface area (Å²) < 4.78 is 18.9. The van der Waals surface area contributed by atoms with E-state index < -0.39 is 8.80 Å². The maximum atomic E-state index is 6.37. The first-order chi connectivity index (χ1) is 17.3. The molecule has 0 spiro atoms. The molecule has 4 nitrogen and oxygen atoms in total. The quantitative estimate of drug-likeness (QED) is 0.0739. The van der Waals surface area contributed by atoms with Gasteiger partial charge in [0.2, 0.25) is 0 Å². The fraction of sp³-hybridized carbons (Fsp3) is 1.00. The first kappa shape index (κ1) is 33.4. The average Bonchev–Trinajstić information content (AvgIpc) is 2.85. The number of unbranched alkanes of at least 4 members (excludes halogenated alkanes) is 16. The minimum absolute atomic E-state index is 0.647. The van der Waals surface area contributed by atoms with Crippen LogP contribution in [0.4, 0.5) is 0 Å². The number of rotatable bonds is 24. The molecular weight excluding hydrogens is 470 g/mol. The second-order valence-corrected chi connectivity index (χ2v) is 13.9. The molecule has 1 aliphatic heterocycles. The van der Waals surface area contributed by atoms with Gasteiger partial charge in [0.15, 0.2) is 0 Å². The van der Waals surface area contributed by atoms with Crippen LogP contribution in [0.15, 0.2) is 0 Å². The van der Waals surface area contributed by atoms with E-state index in [-0.39, 0.29) is 0 Å². The molecule has 35 heavy (non-hydrogen) atoms. The van der Waals surface area contributed by atoms with Gasteiger partial charge in [-0.25, -0.2) is 5.48 Å². The van der Waals surface area contributed by atoms with Crippen LogP contribution in [0.3, 0.4) is 0 Å². The van der Waals surface area contributed by atoms with Gasteiger partial charge in [0.1, 0.15) is 0 Å². The van der Waals surface area contributed by atoms with Gasteiger partial charge in [-0.2, -0.15) is 12.6 Å². The van der Waals surface area contributed by atoms with Gasteiger partial charge in [-0.15, -0.1) is 0 Å². The highest BCUT2D eigenvalue weighted by molar-refractivity contribution is 7.80. The van der Waals surface area contributed by atoms with Crippen LogP contribution in [0.2, 0.25) is 6.04 Å². The lowest BCUT2D eigenvalue weighted by Gasteiger charge is -2.33. The largest absolute Gasteiger partial charge is 0.517 e. The van der Waals surface area contributed by atoms with E-state index in [1.807, 2.05) is 0 Å². The minimum Gasteiger partial charge on any atom is -0.373 e. The molecule has 0 aromatic carbocycles. The minimum atomic E-state index is -2.63. The fourth-order valence-electron chi connectivity index (χ4n) is 4.97. The molecule has 0 saturated carbocycles. The second kappa shape index (κ2) is 24.7. The summed E-state index contributed by atoms with van der Waals surface area (Å²) in [5.74, 6) is 1.50. The van der Waals surface area contributed by atoms with Crippen molar-refractivity contribution in [1.29, 1.82) is 0 Å². The van der Waals surface area contributed by atoms with E-state index in [4.69, 9.17) is 13.4 Å². The highest BCUT2D eigenvalue weighted by Crippen LogP contribution is 2.24. The van der Waals surface area contributed by atoms with Gasteiger partial charge in [0, 0.05) is 25.8 Å². The lowest BCUT2D eigenvalue weighted by atomic mass is 9.97. The van der Waals surface area contributed by atoms with Crippen LogP contribution >= 0.6 is 12.6 Å². The number of hydrogen-bond acceptors (Lipinski definition) is 5. The molecule has 1 rings (SSSR count). The van der Waals surface area contributed by atoms with Gasteiger partial charge < -0.3 is 8.85 Å². The Morgan fingerprint density at radius 2 is 1.29 bits per heavy atom. The van der Waals surface area contributed by atoms with E-state index in [9.17, 15) is 0 Å². The molecule has 0 radical (unpaired) electrons. The monoisotopic (exact) mass is 531 g/mol. The van der Waals surface area contributed by atoms with Crippen LogP contribution in [-0.2, 0) is 13.4 Å². The summed E-state index contributed by atoms with van der Waals surface area (Å²) in [5, 5.41) is 0. The van der Waals surface area contributed by atoms with Crippen molar-refractivity contribution < 1.29 is 13.4 Å². The third kappa shape index (κ3) is 19.2. The van der Waals surface area contributed by atoms with Gasteiger partial charge in [0.05, 0.1) is 0 Å². The van der Waals surface area contributed by atoms with Crippen LogP contribution in [0.25, 0.3) is 0 Å². The molecule has 1 heterocycles.